The van der Waals surface area contributed by atoms with Crippen molar-refractivity contribution in [3.05, 3.63) is 29.8 Å². The second-order valence-electron chi connectivity index (χ2n) is 5.84. The van der Waals surface area contributed by atoms with E-state index in [1.54, 1.807) is 6.07 Å². The summed E-state index contributed by atoms with van der Waals surface area (Å²) in [6.07, 6.45) is 4.65. The fourth-order valence-electron chi connectivity index (χ4n) is 2.77. The molecule has 1 fully saturated rings. The van der Waals surface area contributed by atoms with Crippen molar-refractivity contribution >= 4 is 0 Å². The molecule has 0 bridgehead atoms. The number of likely N-dealkylation sites (tertiary alicyclic amines) is 1. The lowest BCUT2D eigenvalue weighted by Gasteiger charge is -2.26. The third-order valence-electron chi connectivity index (χ3n) is 4.15. The molecule has 4 nitrogen and oxygen atoms in total. The summed E-state index contributed by atoms with van der Waals surface area (Å²) >= 11 is 0. The highest BCUT2D eigenvalue weighted by Gasteiger charge is 2.22. The second-order valence-corrected chi connectivity index (χ2v) is 5.84. The summed E-state index contributed by atoms with van der Waals surface area (Å²) in [5.41, 5.74) is 6.87. The number of nitrogens with zero attached hydrogens (tertiary/aromatic N) is 3. The molecule has 0 saturated carbocycles. The Kier molecular flexibility index (Phi) is 5.46. The van der Waals surface area contributed by atoms with Crippen molar-refractivity contribution in [1.29, 1.82) is 0 Å². The summed E-state index contributed by atoms with van der Waals surface area (Å²) in [5, 5.41) is 0. The molecule has 1 aromatic heterocycles. The smallest absolute Gasteiger partial charge is 0.141 e. The van der Waals surface area contributed by atoms with Crippen molar-refractivity contribution in [2.45, 2.75) is 31.3 Å². The van der Waals surface area contributed by atoms with E-state index >= 15 is 0 Å². The van der Waals surface area contributed by atoms with Gasteiger partial charge >= 0.3 is 0 Å². The van der Waals surface area contributed by atoms with Crippen LogP contribution in [-0.4, -0.2) is 54.6 Å². The molecule has 1 aliphatic rings. The maximum absolute atomic E-state index is 12.8. The van der Waals surface area contributed by atoms with Gasteiger partial charge in [-0.15, -0.1) is 0 Å². The molecule has 2 heterocycles. The van der Waals surface area contributed by atoms with Crippen LogP contribution in [0.2, 0.25) is 0 Å². The highest BCUT2D eigenvalue weighted by molar-refractivity contribution is 5.09. The molecule has 2 rings (SSSR count). The molecule has 5 heteroatoms. The van der Waals surface area contributed by atoms with E-state index in [0.717, 1.165) is 25.2 Å². The van der Waals surface area contributed by atoms with Crippen LogP contribution in [0, 0.1) is 5.82 Å². The zero-order chi connectivity index (χ0) is 14.5. The van der Waals surface area contributed by atoms with Crippen LogP contribution in [0.3, 0.4) is 0 Å². The Morgan fingerprint density at radius 3 is 2.95 bits per heavy atom. The average Bonchev–Trinajstić information content (AvgIpc) is 2.82. The number of hydrogen-bond acceptors (Lipinski definition) is 4. The Morgan fingerprint density at radius 1 is 1.55 bits per heavy atom. The number of pyridine rings is 1. The molecule has 2 atom stereocenters. The van der Waals surface area contributed by atoms with E-state index in [1.807, 2.05) is 0 Å². The molecule has 20 heavy (non-hydrogen) atoms. The Hall–Kier alpha value is -1.04. The Morgan fingerprint density at radius 2 is 2.35 bits per heavy atom. The monoisotopic (exact) mass is 280 g/mol. The first-order valence-electron chi connectivity index (χ1n) is 7.32. The van der Waals surface area contributed by atoms with Crippen LogP contribution in [0.15, 0.2) is 18.3 Å². The van der Waals surface area contributed by atoms with E-state index in [9.17, 15) is 4.39 Å². The molecule has 0 aliphatic carbocycles. The summed E-state index contributed by atoms with van der Waals surface area (Å²) in [6, 6.07) is 3.63. The van der Waals surface area contributed by atoms with Crippen molar-refractivity contribution in [3.63, 3.8) is 0 Å². The van der Waals surface area contributed by atoms with E-state index in [0.29, 0.717) is 6.04 Å². The molecule has 0 aromatic carbocycles. The summed E-state index contributed by atoms with van der Waals surface area (Å²) in [6.45, 7) is 3.22. The normalized spacial score (nSPS) is 21.6. The highest BCUT2D eigenvalue weighted by atomic mass is 19.1. The average molecular weight is 280 g/mol. The maximum atomic E-state index is 12.8. The van der Waals surface area contributed by atoms with Gasteiger partial charge < -0.3 is 15.5 Å². The number of halogens is 1. The van der Waals surface area contributed by atoms with Crippen LogP contribution < -0.4 is 5.73 Å². The van der Waals surface area contributed by atoms with E-state index in [-0.39, 0.29) is 11.9 Å². The molecule has 2 N–H and O–H groups in total. The van der Waals surface area contributed by atoms with Crippen LogP contribution in [0.4, 0.5) is 4.39 Å². The second kappa shape index (κ2) is 7.11. The number of rotatable bonds is 6. The third kappa shape index (κ3) is 4.23. The summed E-state index contributed by atoms with van der Waals surface area (Å²) in [5.74, 6) is -0.317. The molecular weight excluding hydrogens is 255 g/mol. The van der Waals surface area contributed by atoms with E-state index in [2.05, 4.69) is 28.9 Å². The largest absolute Gasteiger partial charge is 0.323 e. The van der Waals surface area contributed by atoms with Gasteiger partial charge in [0.05, 0.1) is 11.9 Å². The molecule has 1 aromatic rings. The molecule has 0 radical (unpaired) electrons. The predicted octanol–water partition coefficient (Wildman–Crippen LogP) is 1.64. The van der Waals surface area contributed by atoms with Gasteiger partial charge in [-0.25, -0.2) is 4.39 Å². The number of likely N-dealkylation sites (N-methyl/N-ethyl adjacent to an activating group) is 2. The van der Waals surface area contributed by atoms with Crippen molar-refractivity contribution in [1.82, 2.24) is 14.8 Å². The van der Waals surface area contributed by atoms with E-state index in [4.69, 9.17) is 5.73 Å². The predicted molar refractivity (Wildman–Crippen MR) is 78.9 cm³/mol. The molecule has 1 saturated heterocycles. The topological polar surface area (TPSA) is 45.4 Å². The van der Waals surface area contributed by atoms with Gasteiger partial charge in [0.2, 0.25) is 0 Å². The van der Waals surface area contributed by atoms with Gasteiger partial charge in [0, 0.05) is 18.6 Å². The Labute approximate surface area is 120 Å². The van der Waals surface area contributed by atoms with E-state index in [1.165, 1.54) is 31.6 Å². The summed E-state index contributed by atoms with van der Waals surface area (Å²) in [4.78, 5) is 8.80. The maximum Gasteiger partial charge on any atom is 0.141 e. The number of nitrogens with two attached hydrogens (primary N) is 1. The first-order chi connectivity index (χ1) is 9.56. The SMILES string of the molecule is CN(CCC(N)c1ccc(F)cn1)CC1CCCN1C. The molecule has 2 unspecified atom stereocenters. The molecule has 0 amide bonds. The van der Waals surface area contributed by atoms with Gasteiger partial charge in [0.15, 0.2) is 0 Å². The fraction of sp³-hybridized carbons (Fsp3) is 0.667. The van der Waals surface area contributed by atoms with Gasteiger partial charge in [0.25, 0.3) is 0 Å². The van der Waals surface area contributed by atoms with Gasteiger partial charge in [-0.3, -0.25) is 4.98 Å². The van der Waals surface area contributed by atoms with Crippen LogP contribution in [0.1, 0.15) is 31.0 Å². The molecule has 112 valence electrons. The first kappa shape index (κ1) is 15.4. The van der Waals surface area contributed by atoms with Gasteiger partial charge in [-0.1, -0.05) is 0 Å². The lowest BCUT2D eigenvalue weighted by atomic mass is 10.1. The van der Waals surface area contributed by atoms with E-state index < -0.39 is 0 Å². The van der Waals surface area contributed by atoms with Crippen LogP contribution >= 0.6 is 0 Å². The third-order valence-corrected chi connectivity index (χ3v) is 4.15. The zero-order valence-corrected chi connectivity index (χ0v) is 12.4. The number of hydrogen-bond donors (Lipinski definition) is 1. The minimum atomic E-state index is -0.317. The fourth-order valence-corrected chi connectivity index (χ4v) is 2.77. The molecular formula is C15H25FN4. The Balaban J connectivity index is 1.75. The summed E-state index contributed by atoms with van der Waals surface area (Å²) in [7, 11) is 4.33. The van der Waals surface area contributed by atoms with Crippen molar-refractivity contribution in [2.24, 2.45) is 5.73 Å². The lowest BCUT2D eigenvalue weighted by Crippen LogP contribution is -2.37. The van der Waals surface area contributed by atoms with Crippen LogP contribution in [-0.2, 0) is 0 Å². The van der Waals surface area contributed by atoms with Crippen LogP contribution in [0.5, 0.6) is 0 Å². The quantitative estimate of drug-likeness (QED) is 0.860. The first-order valence-corrected chi connectivity index (χ1v) is 7.32. The van der Waals surface area contributed by atoms with Crippen molar-refractivity contribution < 1.29 is 4.39 Å². The highest BCUT2D eigenvalue weighted by Crippen LogP contribution is 2.16. The van der Waals surface area contributed by atoms with Gasteiger partial charge in [-0.05, 0) is 58.6 Å². The Bertz CT molecular complexity index is 409. The standard InChI is InChI=1S/C15H25FN4/c1-19(11-13-4-3-8-20(13)2)9-7-14(17)15-6-5-12(16)10-18-15/h5-6,10,13-14H,3-4,7-9,11,17H2,1-2H3. The van der Waals surface area contributed by atoms with Crippen molar-refractivity contribution in [3.8, 4) is 0 Å². The molecule has 1 aliphatic heterocycles. The minimum Gasteiger partial charge on any atom is -0.323 e. The van der Waals surface area contributed by atoms with Crippen LogP contribution in [0.25, 0.3) is 0 Å². The van der Waals surface area contributed by atoms with Gasteiger partial charge in [-0.2, -0.15) is 0 Å². The van der Waals surface area contributed by atoms with Gasteiger partial charge in [0.1, 0.15) is 5.82 Å². The zero-order valence-electron chi connectivity index (χ0n) is 12.4. The summed E-state index contributed by atoms with van der Waals surface area (Å²) < 4.78 is 12.8. The lowest BCUT2D eigenvalue weighted by molar-refractivity contribution is 0.215. The minimum absolute atomic E-state index is 0.126. The molecule has 0 spiro atoms. The van der Waals surface area contributed by atoms with Crippen molar-refractivity contribution in [2.75, 3.05) is 33.7 Å². The number of aromatic nitrogens is 1.